The molecule has 3 rings (SSSR count). The van der Waals surface area contributed by atoms with Gasteiger partial charge in [0.1, 0.15) is 6.04 Å². The maximum Gasteiger partial charge on any atom is 0.312 e. The Bertz CT molecular complexity index is 642. The molecular formula is C13H17BrN6O3. The molecule has 4 unspecified atom stereocenters. The first kappa shape index (κ1) is 16.1. The molecule has 0 bridgehead atoms. The molecule has 1 saturated heterocycles. The van der Waals surface area contributed by atoms with Crippen LogP contribution < -0.4 is 21.9 Å². The van der Waals surface area contributed by atoms with Crippen molar-refractivity contribution in [3.8, 4) is 0 Å². The van der Waals surface area contributed by atoms with Crippen LogP contribution >= 0.6 is 15.9 Å². The zero-order chi connectivity index (χ0) is 16.6. The third kappa shape index (κ3) is 3.28. The lowest BCUT2D eigenvalue weighted by molar-refractivity contribution is -0.384. The Kier molecular flexibility index (Phi) is 4.46. The van der Waals surface area contributed by atoms with Gasteiger partial charge in [0.2, 0.25) is 11.7 Å². The van der Waals surface area contributed by atoms with Gasteiger partial charge >= 0.3 is 5.69 Å². The van der Waals surface area contributed by atoms with Crippen molar-refractivity contribution in [3.05, 3.63) is 26.9 Å². The zero-order valence-electron chi connectivity index (χ0n) is 12.2. The van der Waals surface area contributed by atoms with E-state index >= 15 is 0 Å². The molecule has 1 aliphatic carbocycles. The highest BCUT2D eigenvalue weighted by molar-refractivity contribution is 9.10. The molecule has 0 aromatic carbocycles. The molecule has 1 aromatic rings. The van der Waals surface area contributed by atoms with Crippen molar-refractivity contribution < 1.29 is 9.72 Å². The number of hydrogen-bond donors (Lipinski definition) is 4. The van der Waals surface area contributed by atoms with E-state index in [4.69, 9.17) is 5.73 Å². The average molecular weight is 385 g/mol. The standard InChI is InChI=1S/C13H17BrN6O3/c14-6-3-10(20(22)23)13(16-5-6)17-7-1-2-9-8(4-7)11(12(15)21)19-18-9/h3,5,7-9,11,18-19H,1-2,4H2,(H2,15,21)(H,16,17). The number of nitro groups is 1. The highest BCUT2D eigenvalue weighted by atomic mass is 79.9. The van der Waals surface area contributed by atoms with Gasteiger partial charge in [-0.05, 0) is 35.2 Å². The first-order valence-electron chi connectivity index (χ1n) is 7.32. The Morgan fingerprint density at radius 3 is 2.96 bits per heavy atom. The molecule has 1 aliphatic heterocycles. The number of carbonyl (C=O) groups is 1. The number of carbonyl (C=O) groups excluding carboxylic acids is 1. The summed E-state index contributed by atoms with van der Waals surface area (Å²) in [4.78, 5) is 26.3. The van der Waals surface area contributed by atoms with Gasteiger partial charge in [0.05, 0.1) is 4.92 Å². The number of amides is 1. The van der Waals surface area contributed by atoms with Crippen LogP contribution in [0.4, 0.5) is 11.5 Å². The van der Waals surface area contributed by atoms with E-state index in [2.05, 4.69) is 37.1 Å². The highest BCUT2D eigenvalue weighted by Gasteiger charge is 2.43. The summed E-state index contributed by atoms with van der Waals surface area (Å²) in [5.74, 6) is -0.0807. The highest BCUT2D eigenvalue weighted by Crippen LogP contribution is 2.33. The van der Waals surface area contributed by atoms with Crippen molar-refractivity contribution >= 4 is 33.3 Å². The van der Waals surface area contributed by atoms with Crippen LogP contribution in [0, 0.1) is 16.0 Å². The number of hydrogen-bond acceptors (Lipinski definition) is 7. The third-order valence-electron chi connectivity index (χ3n) is 4.43. The topological polar surface area (TPSA) is 135 Å². The number of nitrogens with one attached hydrogen (secondary N) is 3. The number of halogens is 1. The molecule has 124 valence electrons. The second kappa shape index (κ2) is 6.38. The molecule has 10 heteroatoms. The lowest BCUT2D eigenvalue weighted by Crippen LogP contribution is -2.44. The molecule has 4 atom stereocenters. The van der Waals surface area contributed by atoms with E-state index in [0.717, 1.165) is 12.8 Å². The van der Waals surface area contributed by atoms with Crippen molar-refractivity contribution in [3.63, 3.8) is 0 Å². The number of aromatic nitrogens is 1. The number of nitrogens with zero attached hydrogens (tertiary/aromatic N) is 2. The number of anilines is 1. The smallest absolute Gasteiger partial charge is 0.312 e. The van der Waals surface area contributed by atoms with E-state index in [-0.39, 0.29) is 29.5 Å². The van der Waals surface area contributed by atoms with Crippen molar-refractivity contribution in [2.75, 3.05) is 5.32 Å². The predicted octanol–water partition coefficient (Wildman–Crippen LogP) is 0.663. The van der Waals surface area contributed by atoms with Crippen LogP contribution in [0.15, 0.2) is 16.7 Å². The minimum absolute atomic E-state index is 0.00664. The van der Waals surface area contributed by atoms with Gasteiger partial charge in [0.25, 0.3) is 0 Å². The Labute approximate surface area is 140 Å². The van der Waals surface area contributed by atoms with E-state index in [0.29, 0.717) is 10.9 Å². The number of rotatable bonds is 4. The predicted molar refractivity (Wildman–Crippen MR) is 86.4 cm³/mol. The van der Waals surface area contributed by atoms with Gasteiger partial charge in [-0.1, -0.05) is 0 Å². The summed E-state index contributed by atoms with van der Waals surface area (Å²) in [6.07, 6.45) is 3.89. The van der Waals surface area contributed by atoms with Crippen LogP contribution in [0.25, 0.3) is 0 Å². The van der Waals surface area contributed by atoms with Gasteiger partial charge in [-0.2, -0.15) is 0 Å². The summed E-state index contributed by atoms with van der Waals surface area (Å²) >= 11 is 3.19. The lowest BCUT2D eigenvalue weighted by atomic mass is 9.79. The maximum absolute atomic E-state index is 11.5. The molecule has 0 spiro atoms. The van der Waals surface area contributed by atoms with E-state index in [1.807, 2.05) is 0 Å². The fourth-order valence-corrected chi connectivity index (χ4v) is 3.66. The fraction of sp³-hybridized carbons (Fsp3) is 0.538. The number of primary amides is 1. The van der Waals surface area contributed by atoms with E-state index in [1.54, 1.807) is 0 Å². The third-order valence-corrected chi connectivity index (χ3v) is 4.86. The van der Waals surface area contributed by atoms with E-state index in [1.165, 1.54) is 12.3 Å². The summed E-state index contributed by atoms with van der Waals surface area (Å²) in [6.45, 7) is 0. The molecule has 1 aromatic heterocycles. The number of hydrazine groups is 1. The summed E-state index contributed by atoms with van der Waals surface area (Å²) in [6, 6.07) is 1.20. The summed E-state index contributed by atoms with van der Waals surface area (Å²) in [5, 5.41) is 14.3. The summed E-state index contributed by atoms with van der Waals surface area (Å²) in [5.41, 5.74) is 11.4. The second-order valence-corrected chi connectivity index (χ2v) is 6.79. The Hall–Kier alpha value is -1.78. The minimum Gasteiger partial charge on any atom is -0.368 e. The molecule has 23 heavy (non-hydrogen) atoms. The Morgan fingerprint density at radius 1 is 1.48 bits per heavy atom. The summed E-state index contributed by atoms with van der Waals surface area (Å²) < 4.78 is 0.552. The SMILES string of the molecule is NC(=O)C1NNC2CCC(Nc3ncc(Br)cc3[N+](=O)[O-])CC21. The van der Waals surface area contributed by atoms with Crippen LogP contribution in [0.1, 0.15) is 19.3 Å². The molecule has 2 aliphatic rings. The van der Waals surface area contributed by atoms with Crippen molar-refractivity contribution in [1.29, 1.82) is 0 Å². The molecule has 2 heterocycles. The summed E-state index contributed by atoms with van der Waals surface area (Å²) in [7, 11) is 0. The van der Waals surface area contributed by atoms with Gasteiger partial charge in [0, 0.05) is 34.7 Å². The quantitative estimate of drug-likeness (QED) is 0.442. The lowest BCUT2D eigenvalue weighted by Gasteiger charge is -2.33. The molecule has 9 nitrogen and oxygen atoms in total. The molecule has 5 N–H and O–H groups in total. The number of pyridine rings is 1. The van der Waals surface area contributed by atoms with Crippen LogP contribution in [-0.2, 0) is 4.79 Å². The average Bonchev–Trinajstić information content (AvgIpc) is 2.92. The van der Waals surface area contributed by atoms with Crippen molar-refractivity contribution in [2.45, 2.75) is 37.4 Å². The van der Waals surface area contributed by atoms with Crippen LogP contribution in [0.2, 0.25) is 0 Å². The Morgan fingerprint density at radius 2 is 2.26 bits per heavy atom. The maximum atomic E-state index is 11.5. The van der Waals surface area contributed by atoms with Crippen LogP contribution in [-0.4, -0.2) is 33.9 Å². The molecule has 2 fully saturated rings. The first-order valence-corrected chi connectivity index (χ1v) is 8.12. The fourth-order valence-electron chi connectivity index (χ4n) is 3.34. The monoisotopic (exact) mass is 384 g/mol. The molecule has 1 amide bonds. The number of nitrogens with two attached hydrogens (primary N) is 1. The van der Waals surface area contributed by atoms with Crippen molar-refractivity contribution in [2.24, 2.45) is 11.7 Å². The molecular weight excluding hydrogens is 368 g/mol. The largest absolute Gasteiger partial charge is 0.368 e. The van der Waals surface area contributed by atoms with Crippen LogP contribution in [0.3, 0.4) is 0 Å². The zero-order valence-corrected chi connectivity index (χ0v) is 13.7. The van der Waals surface area contributed by atoms with Crippen molar-refractivity contribution in [1.82, 2.24) is 15.8 Å². The normalized spacial score (nSPS) is 29.8. The van der Waals surface area contributed by atoms with Gasteiger partial charge in [-0.3, -0.25) is 20.3 Å². The second-order valence-electron chi connectivity index (χ2n) is 5.87. The number of fused-ring (bicyclic) bond motifs is 1. The van der Waals surface area contributed by atoms with E-state index < -0.39 is 16.9 Å². The van der Waals surface area contributed by atoms with E-state index in [9.17, 15) is 14.9 Å². The van der Waals surface area contributed by atoms with Gasteiger partial charge in [-0.15, -0.1) is 0 Å². The molecule has 0 radical (unpaired) electrons. The first-order chi connectivity index (χ1) is 11.0. The minimum atomic E-state index is -0.462. The van der Waals surface area contributed by atoms with Crippen LogP contribution in [0.5, 0.6) is 0 Å². The van der Waals surface area contributed by atoms with Gasteiger partial charge in [-0.25, -0.2) is 10.4 Å². The Balaban J connectivity index is 1.74. The molecule has 1 saturated carbocycles. The van der Waals surface area contributed by atoms with Gasteiger partial charge in [0.15, 0.2) is 0 Å². The van der Waals surface area contributed by atoms with Gasteiger partial charge < -0.3 is 11.1 Å².